The predicted octanol–water partition coefficient (Wildman–Crippen LogP) is 6.28. The van der Waals surface area contributed by atoms with E-state index in [0.29, 0.717) is 37.7 Å². The quantitative estimate of drug-likeness (QED) is 0.0800. The Morgan fingerprint density at radius 1 is 0.700 bits per heavy atom. The van der Waals surface area contributed by atoms with Gasteiger partial charge in [-0.3, -0.25) is 0 Å². The van der Waals surface area contributed by atoms with E-state index >= 15 is 0 Å². The standard InChI is InChI=1S/C33H60O7/c1-3-4-5-6-7-8-9-10-11-15-18-29(36)31-21-22-32(40-31)30(37)20-19-27(34)16-13-12-14-17-28(35)24-26-23-25(2)39-33(26)38/h23,25,27-32,34-37H,3-22,24H2,1-2H3/t25-,27+,28+,29+,30+,31+,32+/m0/s1. The van der Waals surface area contributed by atoms with Gasteiger partial charge in [0.1, 0.15) is 6.10 Å². The maximum Gasteiger partial charge on any atom is 0.334 e. The van der Waals surface area contributed by atoms with Gasteiger partial charge < -0.3 is 29.9 Å². The van der Waals surface area contributed by atoms with E-state index in [1.54, 1.807) is 6.08 Å². The van der Waals surface area contributed by atoms with Crippen LogP contribution in [0.3, 0.4) is 0 Å². The first-order chi connectivity index (χ1) is 19.3. The second kappa shape index (κ2) is 20.8. The number of carbonyl (C=O) groups excluding carboxylic acids is 1. The van der Waals surface area contributed by atoms with Crippen LogP contribution in [0.5, 0.6) is 0 Å². The van der Waals surface area contributed by atoms with Crippen molar-refractivity contribution < 1.29 is 34.7 Å². The third-order valence-corrected chi connectivity index (χ3v) is 8.61. The highest BCUT2D eigenvalue weighted by Crippen LogP contribution is 2.28. The van der Waals surface area contributed by atoms with Crippen molar-refractivity contribution in [2.24, 2.45) is 0 Å². The third-order valence-electron chi connectivity index (χ3n) is 8.61. The van der Waals surface area contributed by atoms with Gasteiger partial charge in [0.25, 0.3) is 0 Å². The Labute approximate surface area is 243 Å². The SMILES string of the molecule is CCCCCCCCCCCC[C@@H](O)[C@H]1CC[C@H]([C@H](O)CC[C@H](O)CCCCC[C@@H](O)CC2=C[C@H](C)OC2=O)O1. The summed E-state index contributed by atoms with van der Waals surface area (Å²) >= 11 is 0. The molecule has 2 aliphatic rings. The average Bonchev–Trinajstić information content (AvgIpc) is 3.54. The first kappa shape index (κ1) is 35.2. The zero-order chi connectivity index (χ0) is 29.2. The van der Waals surface area contributed by atoms with Crippen LogP contribution in [0.25, 0.3) is 0 Å². The number of aliphatic hydroxyl groups is 4. The van der Waals surface area contributed by atoms with E-state index in [0.717, 1.165) is 51.4 Å². The lowest BCUT2D eigenvalue weighted by Crippen LogP contribution is -2.31. The molecule has 0 aromatic carbocycles. The molecule has 0 bridgehead atoms. The van der Waals surface area contributed by atoms with Gasteiger partial charge in [-0.1, -0.05) is 90.4 Å². The van der Waals surface area contributed by atoms with Crippen LogP contribution in [0.2, 0.25) is 0 Å². The number of rotatable bonds is 24. The molecule has 1 saturated heterocycles. The minimum Gasteiger partial charge on any atom is -0.455 e. The number of cyclic esters (lactones) is 1. The highest BCUT2D eigenvalue weighted by Gasteiger charge is 2.34. The molecule has 0 spiro atoms. The van der Waals surface area contributed by atoms with Crippen LogP contribution >= 0.6 is 0 Å². The maximum atomic E-state index is 11.6. The first-order valence-electron chi connectivity index (χ1n) is 16.6. The van der Waals surface area contributed by atoms with E-state index in [2.05, 4.69) is 6.92 Å². The topological polar surface area (TPSA) is 116 Å². The van der Waals surface area contributed by atoms with Crippen molar-refractivity contribution in [3.63, 3.8) is 0 Å². The van der Waals surface area contributed by atoms with Gasteiger partial charge in [0.15, 0.2) is 0 Å². The summed E-state index contributed by atoms with van der Waals surface area (Å²) in [5.41, 5.74) is 0.565. The molecular formula is C33H60O7. The van der Waals surface area contributed by atoms with Crippen LogP contribution in [0.1, 0.15) is 149 Å². The molecule has 7 heteroatoms. The molecule has 0 radical (unpaired) electrons. The molecule has 0 aromatic heterocycles. The van der Waals surface area contributed by atoms with Crippen molar-refractivity contribution in [1.29, 1.82) is 0 Å². The van der Waals surface area contributed by atoms with E-state index < -0.39 is 24.4 Å². The summed E-state index contributed by atoms with van der Waals surface area (Å²) in [4.78, 5) is 11.6. The van der Waals surface area contributed by atoms with Crippen molar-refractivity contribution in [2.45, 2.75) is 191 Å². The van der Waals surface area contributed by atoms with Crippen molar-refractivity contribution in [2.75, 3.05) is 0 Å². The number of esters is 1. The summed E-state index contributed by atoms with van der Waals surface area (Å²) in [7, 11) is 0. The normalized spacial score (nSPS) is 24.1. The molecule has 7 atom stereocenters. The highest BCUT2D eigenvalue weighted by atomic mass is 16.5. The van der Waals surface area contributed by atoms with Crippen molar-refractivity contribution in [3.05, 3.63) is 11.6 Å². The van der Waals surface area contributed by atoms with Gasteiger partial charge in [0.05, 0.1) is 36.6 Å². The minimum atomic E-state index is -0.612. The van der Waals surface area contributed by atoms with Gasteiger partial charge in [-0.25, -0.2) is 4.79 Å². The molecule has 4 N–H and O–H groups in total. The van der Waals surface area contributed by atoms with E-state index in [9.17, 15) is 25.2 Å². The van der Waals surface area contributed by atoms with Crippen LogP contribution in [-0.4, -0.2) is 69.1 Å². The molecule has 1 fully saturated rings. The van der Waals surface area contributed by atoms with Gasteiger partial charge in [0.2, 0.25) is 0 Å². The second-order valence-corrected chi connectivity index (χ2v) is 12.4. The Morgan fingerprint density at radius 2 is 1.20 bits per heavy atom. The lowest BCUT2D eigenvalue weighted by molar-refractivity contribution is -0.139. The molecule has 2 rings (SSSR count). The molecule has 0 saturated carbocycles. The van der Waals surface area contributed by atoms with Crippen LogP contribution in [0.15, 0.2) is 11.6 Å². The van der Waals surface area contributed by atoms with Crippen molar-refractivity contribution >= 4 is 5.97 Å². The number of carbonyl (C=O) groups is 1. The number of aliphatic hydroxyl groups excluding tert-OH is 4. The molecule has 2 aliphatic heterocycles. The lowest BCUT2D eigenvalue weighted by atomic mass is 9.98. The minimum absolute atomic E-state index is 0.183. The predicted molar refractivity (Wildman–Crippen MR) is 159 cm³/mol. The van der Waals surface area contributed by atoms with E-state index in [1.807, 2.05) is 6.92 Å². The summed E-state index contributed by atoms with van der Waals surface area (Å²) in [5, 5.41) is 41.7. The largest absolute Gasteiger partial charge is 0.455 e. The molecule has 234 valence electrons. The monoisotopic (exact) mass is 568 g/mol. The summed E-state index contributed by atoms with van der Waals surface area (Å²) in [6, 6.07) is 0. The summed E-state index contributed by atoms with van der Waals surface area (Å²) < 4.78 is 11.1. The van der Waals surface area contributed by atoms with Gasteiger partial charge in [0, 0.05) is 12.0 Å². The van der Waals surface area contributed by atoms with Gasteiger partial charge in [-0.2, -0.15) is 0 Å². The number of unbranched alkanes of at least 4 members (excludes halogenated alkanes) is 11. The highest BCUT2D eigenvalue weighted by molar-refractivity contribution is 5.90. The number of ether oxygens (including phenoxy) is 2. The number of hydrogen-bond acceptors (Lipinski definition) is 7. The Morgan fingerprint density at radius 3 is 1.77 bits per heavy atom. The molecule has 2 heterocycles. The Hall–Kier alpha value is -0.990. The fraction of sp³-hybridized carbons (Fsp3) is 0.909. The fourth-order valence-electron chi connectivity index (χ4n) is 6.05. The molecule has 40 heavy (non-hydrogen) atoms. The second-order valence-electron chi connectivity index (χ2n) is 12.4. The third kappa shape index (κ3) is 14.8. The molecule has 0 unspecified atom stereocenters. The van der Waals surface area contributed by atoms with E-state index in [1.165, 1.54) is 51.4 Å². The first-order valence-corrected chi connectivity index (χ1v) is 16.6. The van der Waals surface area contributed by atoms with Crippen molar-refractivity contribution in [3.8, 4) is 0 Å². The fourth-order valence-corrected chi connectivity index (χ4v) is 6.05. The molecular weight excluding hydrogens is 508 g/mol. The summed E-state index contributed by atoms with van der Waals surface area (Å²) in [6.07, 6.45) is 19.4. The van der Waals surface area contributed by atoms with Crippen LogP contribution < -0.4 is 0 Å². The lowest BCUT2D eigenvalue weighted by Gasteiger charge is -2.23. The molecule has 0 aliphatic carbocycles. The Kier molecular flexibility index (Phi) is 18.3. The van der Waals surface area contributed by atoms with Gasteiger partial charge in [-0.05, 0) is 57.9 Å². The Bertz CT molecular complexity index is 696. The zero-order valence-corrected chi connectivity index (χ0v) is 25.5. The van der Waals surface area contributed by atoms with E-state index in [-0.39, 0.29) is 24.3 Å². The molecule has 7 nitrogen and oxygen atoms in total. The van der Waals surface area contributed by atoms with E-state index in [4.69, 9.17) is 9.47 Å². The Balaban J connectivity index is 1.45. The molecule has 0 aromatic rings. The van der Waals surface area contributed by atoms with Crippen LogP contribution in [0.4, 0.5) is 0 Å². The van der Waals surface area contributed by atoms with Gasteiger partial charge >= 0.3 is 5.97 Å². The van der Waals surface area contributed by atoms with Crippen LogP contribution in [0, 0.1) is 0 Å². The smallest absolute Gasteiger partial charge is 0.334 e. The van der Waals surface area contributed by atoms with Gasteiger partial charge in [-0.15, -0.1) is 0 Å². The van der Waals surface area contributed by atoms with Crippen LogP contribution in [-0.2, 0) is 14.3 Å². The average molecular weight is 569 g/mol. The van der Waals surface area contributed by atoms with Crippen molar-refractivity contribution in [1.82, 2.24) is 0 Å². The number of hydrogen-bond donors (Lipinski definition) is 4. The summed E-state index contributed by atoms with van der Waals surface area (Å²) in [5.74, 6) is -0.323. The maximum absolute atomic E-state index is 11.6. The zero-order valence-electron chi connectivity index (χ0n) is 25.5. The summed E-state index contributed by atoms with van der Waals surface area (Å²) in [6.45, 7) is 4.06. The molecule has 0 amide bonds.